The number of benzene rings is 1. The van der Waals surface area contributed by atoms with E-state index in [1.54, 1.807) is 20.8 Å². The van der Waals surface area contributed by atoms with Gasteiger partial charge in [-0.2, -0.15) is 0 Å². The molecule has 2 amide bonds. The first kappa shape index (κ1) is 23.2. The van der Waals surface area contributed by atoms with Crippen molar-refractivity contribution in [3.05, 3.63) is 34.4 Å². The molecule has 28 heavy (non-hydrogen) atoms. The Morgan fingerprint density at radius 3 is 2.36 bits per heavy atom. The highest BCUT2D eigenvalue weighted by atomic mass is 16.6. The number of hydrogen-bond donors (Lipinski definition) is 1. The van der Waals surface area contributed by atoms with E-state index in [1.807, 2.05) is 13.8 Å². The summed E-state index contributed by atoms with van der Waals surface area (Å²) in [5.41, 5.74) is -0.669. The van der Waals surface area contributed by atoms with Crippen LogP contribution in [0.5, 0.6) is 5.75 Å². The van der Waals surface area contributed by atoms with Crippen LogP contribution < -0.4 is 10.1 Å². The number of hydrogen-bond acceptors (Lipinski definition) is 6. The molecule has 9 heteroatoms. The van der Waals surface area contributed by atoms with E-state index in [2.05, 4.69) is 5.32 Å². The average molecular weight is 395 g/mol. The lowest BCUT2D eigenvalue weighted by atomic mass is 10.1. The lowest BCUT2D eigenvalue weighted by Gasteiger charge is -2.32. The van der Waals surface area contributed by atoms with E-state index >= 15 is 0 Å². The number of nitrogens with zero attached hydrogens (tertiary/aromatic N) is 2. The Morgan fingerprint density at radius 2 is 1.82 bits per heavy atom. The van der Waals surface area contributed by atoms with E-state index in [0.717, 1.165) is 12.8 Å². The predicted molar refractivity (Wildman–Crippen MR) is 104 cm³/mol. The van der Waals surface area contributed by atoms with Gasteiger partial charge in [-0.3, -0.25) is 10.1 Å². The van der Waals surface area contributed by atoms with Gasteiger partial charge in [0.2, 0.25) is 0 Å². The third kappa shape index (κ3) is 7.81. The second-order valence-corrected chi connectivity index (χ2v) is 7.05. The zero-order chi connectivity index (χ0) is 21.3. The summed E-state index contributed by atoms with van der Waals surface area (Å²) in [7, 11) is 0. The second kappa shape index (κ2) is 10.5. The van der Waals surface area contributed by atoms with Crippen molar-refractivity contribution >= 4 is 17.9 Å². The number of alkyl carbamates (subject to hydrolysis) is 1. The van der Waals surface area contributed by atoms with Gasteiger partial charge in [0.25, 0.3) is 5.69 Å². The van der Waals surface area contributed by atoms with Crippen molar-refractivity contribution in [3.63, 3.8) is 0 Å². The Labute approximate surface area is 165 Å². The minimum Gasteiger partial charge on any atom is -0.444 e. The summed E-state index contributed by atoms with van der Waals surface area (Å²) in [5, 5.41) is 13.4. The second-order valence-electron chi connectivity index (χ2n) is 7.05. The van der Waals surface area contributed by atoms with Gasteiger partial charge in [0.1, 0.15) is 11.4 Å². The summed E-state index contributed by atoms with van der Waals surface area (Å²) in [4.78, 5) is 35.7. The third-order valence-electron chi connectivity index (χ3n) is 3.65. The van der Waals surface area contributed by atoms with Gasteiger partial charge in [0.15, 0.2) is 0 Å². The first-order valence-corrected chi connectivity index (χ1v) is 9.35. The highest BCUT2D eigenvalue weighted by Crippen LogP contribution is 2.19. The fraction of sp³-hybridized carbons (Fsp3) is 0.579. The summed E-state index contributed by atoms with van der Waals surface area (Å²) in [5.74, 6) is 0.225. The van der Waals surface area contributed by atoms with Gasteiger partial charge in [0.05, 0.1) is 4.92 Å². The van der Waals surface area contributed by atoms with Gasteiger partial charge >= 0.3 is 12.2 Å². The van der Waals surface area contributed by atoms with Gasteiger partial charge in [-0.05, 0) is 45.7 Å². The molecule has 1 N–H and O–H groups in total. The molecule has 0 radical (unpaired) electrons. The Bertz CT molecular complexity index is 669. The van der Waals surface area contributed by atoms with Crippen LogP contribution in [0.4, 0.5) is 15.3 Å². The van der Waals surface area contributed by atoms with Crippen LogP contribution in [-0.2, 0) is 4.74 Å². The van der Waals surface area contributed by atoms with E-state index < -0.39 is 22.7 Å². The van der Waals surface area contributed by atoms with Gasteiger partial charge in [-0.15, -0.1) is 0 Å². The van der Waals surface area contributed by atoms with Crippen LogP contribution in [0.1, 0.15) is 47.5 Å². The molecule has 0 bridgehead atoms. The zero-order valence-corrected chi connectivity index (χ0v) is 17.1. The predicted octanol–water partition coefficient (Wildman–Crippen LogP) is 4.11. The Hall–Kier alpha value is -2.84. The molecule has 1 saturated heterocycles. The number of nitro groups is 1. The number of likely N-dealkylation sites (tertiary alicyclic amines) is 1. The number of nitrogens with one attached hydrogen (secondary N) is 1. The number of non-ortho nitro benzene ring substituents is 1. The molecule has 0 aliphatic carbocycles. The zero-order valence-electron chi connectivity index (χ0n) is 17.1. The van der Waals surface area contributed by atoms with Gasteiger partial charge in [0, 0.05) is 31.3 Å². The molecule has 0 aromatic heterocycles. The highest BCUT2D eigenvalue weighted by Gasteiger charge is 2.27. The van der Waals surface area contributed by atoms with Gasteiger partial charge in [-0.1, -0.05) is 13.8 Å². The number of ether oxygens (including phenoxy) is 2. The molecule has 1 aliphatic rings. The van der Waals surface area contributed by atoms with Crippen LogP contribution in [0, 0.1) is 10.1 Å². The summed E-state index contributed by atoms with van der Waals surface area (Å²) in [6.45, 7) is 10.2. The number of carbonyl (C=O) groups excluding carboxylic acids is 2. The molecule has 1 atom stereocenters. The van der Waals surface area contributed by atoms with Gasteiger partial charge in [-0.25, -0.2) is 9.59 Å². The summed E-state index contributed by atoms with van der Waals surface area (Å²) in [6, 6.07) is 5.06. The van der Waals surface area contributed by atoms with Crippen molar-refractivity contribution in [2.45, 2.75) is 59.1 Å². The Kier molecular flexibility index (Phi) is 8.69. The smallest absolute Gasteiger partial charge is 0.415 e. The molecular weight excluding hydrogens is 366 g/mol. The quantitative estimate of drug-likeness (QED) is 0.609. The van der Waals surface area contributed by atoms with Crippen molar-refractivity contribution in [3.8, 4) is 5.75 Å². The fourth-order valence-electron chi connectivity index (χ4n) is 2.54. The van der Waals surface area contributed by atoms with E-state index in [1.165, 1.54) is 29.2 Å². The number of carbonyl (C=O) groups is 2. The minimum absolute atomic E-state index is 0.0793. The number of piperidine rings is 1. The van der Waals surface area contributed by atoms with Crippen molar-refractivity contribution in [2.75, 3.05) is 13.1 Å². The first-order chi connectivity index (χ1) is 13.1. The Balaban J connectivity index is 0.00000190. The first-order valence-electron chi connectivity index (χ1n) is 9.35. The van der Waals surface area contributed by atoms with Crippen LogP contribution >= 0.6 is 0 Å². The number of nitro benzene ring substituents is 1. The number of rotatable bonds is 3. The molecule has 2 rings (SSSR count). The molecule has 1 fully saturated rings. The molecule has 1 aliphatic heterocycles. The average Bonchev–Trinajstić information content (AvgIpc) is 2.62. The maximum absolute atomic E-state index is 12.3. The maximum atomic E-state index is 12.3. The lowest BCUT2D eigenvalue weighted by Crippen LogP contribution is -2.51. The van der Waals surface area contributed by atoms with Gasteiger partial charge < -0.3 is 19.7 Å². The van der Waals surface area contributed by atoms with E-state index in [-0.39, 0.29) is 17.5 Å². The molecule has 1 unspecified atom stereocenters. The highest BCUT2D eigenvalue weighted by molar-refractivity contribution is 5.71. The van der Waals surface area contributed by atoms with Crippen LogP contribution in [0.15, 0.2) is 24.3 Å². The van der Waals surface area contributed by atoms with Crippen molar-refractivity contribution in [1.29, 1.82) is 0 Å². The third-order valence-corrected chi connectivity index (χ3v) is 3.65. The van der Waals surface area contributed by atoms with E-state index in [9.17, 15) is 19.7 Å². The summed E-state index contributed by atoms with van der Waals surface area (Å²) >= 11 is 0. The van der Waals surface area contributed by atoms with E-state index in [4.69, 9.17) is 9.47 Å². The molecular formula is C19H29N3O6. The van der Waals surface area contributed by atoms with Crippen LogP contribution in [0.25, 0.3) is 0 Å². The summed E-state index contributed by atoms with van der Waals surface area (Å²) < 4.78 is 10.5. The Morgan fingerprint density at radius 1 is 1.21 bits per heavy atom. The van der Waals surface area contributed by atoms with Crippen LogP contribution in [0.2, 0.25) is 0 Å². The minimum atomic E-state index is -0.590. The monoisotopic (exact) mass is 395 g/mol. The normalized spacial score (nSPS) is 16.3. The summed E-state index contributed by atoms with van der Waals surface area (Å²) in [6.07, 6.45) is 0.374. The van der Waals surface area contributed by atoms with Crippen molar-refractivity contribution in [1.82, 2.24) is 10.2 Å². The molecule has 0 saturated carbocycles. The van der Waals surface area contributed by atoms with Crippen LogP contribution in [-0.4, -0.2) is 46.7 Å². The van der Waals surface area contributed by atoms with E-state index in [0.29, 0.717) is 13.1 Å². The molecule has 1 heterocycles. The molecule has 0 spiro atoms. The standard InChI is InChI=1S/C17H23N3O6.C2H6/c1-17(2,3)26-15(21)18-12-5-4-10-19(11-12)16(22)25-14-8-6-13(7-9-14)20(23)24;1-2/h6-9,12H,4-5,10-11H2,1-3H3,(H,18,21);1-2H3. The topological polar surface area (TPSA) is 111 Å². The van der Waals surface area contributed by atoms with Crippen molar-refractivity contribution < 1.29 is 24.0 Å². The SMILES string of the molecule is CC.CC(C)(C)OC(=O)NC1CCCN(C(=O)Oc2ccc([N+](=O)[O-])cc2)C1. The van der Waals surface area contributed by atoms with Crippen LogP contribution in [0.3, 0.4) is 0 Å². The molecule has 1 aromatic rings. The number of amides is 2. The maximum Gasteiger partial charge on any atom is 0.415 e. The van der Waals surface area contributed by atoms with Crippen molar-refractivity contribution in [2.24, 2.45) is 0 Å². The lowest BCUT2D eigenvalue weighted by molar-refractivity contribution is -0.384. The molecule has 156 valence electrons. The fourth-order valence-corrected chi connectivity index (χ4v) is 2.54. The molecule has 9 nitrogen and oxygen atoms in total. The largest absolute Gasteiger partial charge is 0.444 e. The molecule has 1 aromatic carbocycles.